The Morgan fingerprint density at radius 1 is 1.35 bits per heavy atom. The Balaban J connectivity index is 2.80. The van der Waals surface area contributed by atoms with Crippen molar-refractivity contribution < 1.29 is 26.3 Å². The topological polar surface area (TPSA) is 58.6 Å². The van der Waals surface area contributed by atoms with E-state index in [2.05, 4.69) is 5.32 Å². The standard InChI is InChI=1S/C14H19F3N2O3S/c1-3-22-11-18-8-5-9-19(2)23(20,21)13-7-4-6-12(10-13)14(15,16)17/h4-7,9-10,18H,3,8,11H2,1-2H3. The first kappa shape index (κ1) is 19.5. The highest BCUT2D eigenvalue weighted by atomic mass is 32.2. The molecule has 5 nitrogen and oxygen atoms in total. The highest BCUT2D eigenvalue weighted by Crippen LogP contribution is 2.30. The van der Waals surface area contributed by atoms with Gasteiger partial charge in [-0.1, -0.05) is 12.1 Å². The van der Waals surface area contributed by atoms with Gasteiger partial charge in [0.25, 0.3) is 10.0 Å². The zero-order valence-corrected chi connectivity index (χ0v) is 13.6. The van der Waals surface area contributed by atoms with Crippen molar-refractivity contribution in [3.8, 4) is 0 Å². The van der Waals surface area contributed by atoms with E-state index in [1.54, 1.807) is 0 Å². The molecule has 0 unspecified atom stereocenters. The Kier molecular flexibility index (Phi) is 7.04. The van der Waals surface area contributed by atoms with Crippen molar-refractivity contribution in [3.63, 3.8) is 0 Å². The molecule has 1 rings (SSSR count). The van der Waals surface area contributed by atoms with Gasteiger partial charge in [-0.2, -0.15) is 13.2 Å². The Labute approximate surface area is 133 Å². The van der Waals surface area contributed by atoms with Gasteiger partial charge in [0.15, 0.2) is 0 Å². The van der Waals surface area contributed by atoms with Gasteiger partial charge in [0.1, 0.15) is 0 Å². The number of rotatable bonds is 8. The van der Waals surface area contributed by atoms with Crippen LogP contribution in [0.3, 0.4) is 0 Å². The van der Waals surface area contributed by atoms with Crippen LogP contribution >= 0.6 is 0 Å². The highest BCUT2D eigenvalue weighted by Gasteiger charge is 2.32. The fourth-order valence-corrected chi connectivity index (χ4v) is 2.70. The van der Waals surface area contributed by atoms with Gasteiger partial charge in [0.05, 0.1) is 17.2 Å². The Morgan fingerprint density at radius 2 is 2.04 bits per heavy atom. The van der Waals surface area contributed by atoms with E-state index in [0.29, 0.717) is 25.9 Å². The number of nitrogens with one attached hydrogen (secondary N) is 1. The lowest BCUT2D eigenvalue weighted by Crippen LogP contribution is -2.23. The summed E-state index contributed by atoms with van der Waals surface area (Å²) < 4.78 is 68.4. The first-order chi connectivity index (χ1) is 10.7. The maximum absolute atomic E-state index is 12.7. The molecule has 0 atom stereocenters. The normalized spacial score (nSPS) is 12.7. The minimum absolute atomic E-state index is 0.324. The molecule has 0 aliphatic heterocycles. The fraction of sp³-hybridized carbons (Fsp3) is 0.429. The summed E-state index contributed by atoms with van der Waals surface area (Å²) in [6.45, 7) is 3.08. The molecule has 0 aliphatic rings. The summed E-state index contributed by atoms with van der Waals surface area (Å²) >= 11 is 0. The second kappa shape index (κ2) is 8.32. The molecule has 0 fully saturated rings. The molecular formula is C14H19F3N2O3S. The number of alkyl halides is 3. The summed E-state index contributed by atoms with van der Waals surface area (Å²) in [5.41, 5.74) is -1.01. The van der Waals surface area contributed by atoms with Gasteiger partial charge < -0.3 is 4.74 Å². The molecule has 0 radical (unpaired) electrons. The van der Waals surface area contributed by atoms with E-state index in [4.69, 9.17) is 4.74 Å². The maximum atomic E-state index is 12.7. The number of ether oxygens (including phenoxy) is 1. The van der Waals surface area contributed by atoms with Crippen LogP contribution in [0.4, 0.5) is 13.2 Å². The molecule has 0 aromatic heterocycles. The molecule has 0 aliphatic carbocycles. The molecule has 9 heteroatoms. The van der Waals surface area contributed by atoms with Crippen molar-refractivity contribution in [2.45, 2.75) is 18.0 Å². The summed E-state index contributed by atoms with van der Waals surface area (Å²) in [4.78, 5) is -0.415. The quantitative estimate of drug-likeness (QED) is 0.577. The Bertz CT molecular complexity index is 630. The van der Waals surface area contributed by atoms with Crippen molar-refractivity contribution in [1.29, 1.82) is 0 Å². The molecule has 0 spiro atoms. The van der Waals surface area contributed by atoms with Crippen molar-refractivity contribution in [1.82, 2.24) is 9.62 Å². The Hall–Kier alpha value is -1.58. The average molecular weight is 352 g/mol. The third-order valence-corrected chi connectivity index (χ3v) is 4.55. The van der Waals surface area contributed by atoms with Crippen LogP contribution in [0.5, 0.6) is 0 Å². The van der Waals surface area contributed by atoms with E-state index in [1.165, 1.54) is 19.3 Å². The van der Waals surface area contributed by atoms with Crippen molar-refractivity contribution in [2.24, 2.45) is 0 Å². The minimum atomic E-state index is -4.59. The van der Waals surface area contributed by atoms with Crippen molar-refractivity contribution >= 4 is 10.0 Å². The number of sulfonamides is 1. The van der Waals surface area contributed by atoms with Crippen LogP contribution in [0.25, 0.3) is 0 Å². The number of benzene rings is 1. The van der Waals surface area contributed by atoms with Gasteiger partial charge in [-0.05, 0) is 25.1 Å². The summed E-state index contributed by atoms with van der Waals surface area (Å²) in [7, 11) is -2.77. The molecular weight excluding hydrogens is 333 g/mol. The predicted octanol–water partition coefficient (Wildman–Crippen LogP) is 2.42. The van der Waals surface area contributed by atoms with Crippen LogP contribution in [0.15, 0.2) is 41.4 Å². The fourth-order valence-electron chi connectivity index (χ4n) is 1.60. The van der Waals surface area contributed by atoms with Gasteiger partial charge in [-0.15, -0.1) is 0 Å². The zero-order valence-electron chi connectivity index (χ0n) is 12.8. The largest absolute Gasteiger partial charge is 0.416 e. The summed E-state index contributed by atoms with van der Waals surface area (Å²) in [5.74, 6) is 0. The lowest BCUT2D eigenvalue weighted by Gasteiger charge is -2.16. The van der Waals surface area contributed by atoms with Crippen LogP contribution in [0.2, 0.25) is 0 Å². The molecule has 0 saturated carbocycles. The second-order valence-electron chi connectivity index (χ2n) is 4.52. The number of hydrogen-bond acceptors (Lipinski definition) is 4. The van der Waals surface area contributed by atoms with Gasteiger partial charge in [-0.25, -0.2) is 8.42 Å². The first-order valence-electron chi connectivity index (χ1n) is 6.80. The van der Waals surface area contributed by atoms with Gasteiger partial charge in [0.2, 0.25) is 0 Å². The monoisotopic (exact) mass is 352 g/mol. The van der Waals surface area contributed by atoms with E-state index >= 15 is 0 Å². The molecule has 0 amide bonds. The molecule has 1 aromatic rings. The van der Waals surface area contributed by atoms with E-state index in [1.807, 2.05) is 6.92 Å². The SMILES string of the molecule is CCOCNCC=CN(C)S(=O)(=O)c1cccc(C(F)(F)F)c1. The molecule has 0 bridgehead atoms. The van der Waals surface area contributed by atoms with E-state index in [0.717, 1.165) is 22.5 Å². The van der Waals surface area contributed by atoms with Crippen LogP contribution in [-0.2, 0) is 20.9 Å². The summed E-state index contributed by atoms with van der Waals surface area (Å²) in [5, 5.41) is 2.88. The predicted molar refractivity (Wildman–Crippen MR) is 80.0 cm³/mol. The van der Waals surface area contributed by atoms with Crippen LogP contribution in [-0.4, -0.2) is 39.7 Å². The average Bonchev–Trinajstić information content (AvgIpc) is 2.49. The van der Waals surface area contributed by atoms with Crippen LogP contribution in [0, 0.1) is 0 Å². The summed E-state index contributed by atoms with van der Waals surface area (Å²) in [6.07, 6.45) is -1.79. The number of hydrogen-bond donors (Lipinski definition) is 1. The summed E-state index contributed by atoms with van der Waals surface area (Å²) in [6, 6.07) is 3.64. The smallest absolute Gasteiger partial charge is 0.367 e. The second-order valence-corrected chi connectivity index (χ2v) is 6.52. The number of halogens is 3. The van der Waals surface area contributed by atoms with Crippen molar-refractivity contribution in [2.75, 3.05) is 26.9 Å². The van der Waals surface area contributed by atoms with Gasteiger partial charge >= 0.3 is 6.18 Å². The molecule has 1 N–H and O–H groups in total. The number of nitrogens with zero attached hydrogens (tertiary/aromatic N) is 1. The molecule has 130 valence electrons. The molecule has 23 heavy (non-hydrogen) atoms. The van der Waals surface area contributed by atoms with E-state index in [9.17, 15) is 21.6 Å². The lowest BCUT2D eigenvalue weighted by molar-refractivity contribution is -0.137. The van der Waals surface area contributed by atoms with E-state index < -0.39 is 26.7 Å². The van der Waals surface area contributed by atoms with Crippen molar-refractivity contribution in [3.05, 3.63) is 42.1 Å². The highest BCUT2D eigenvalue weighted by molar-refractivity contribution is 7.89. The maximum Gasteiger partial charge on any atom is 0.416 e. The van der Waals surface area contributed by atoms with Gasteiger partial charge in [0, 0.05) is 26.4 Å². The van der Waals surface area contributed by atoms with E-state index in [-0.39, 0.29) is 0 Å². The van der Waals surface area contributed by atoms with Gasteiger partial charge in [-0.3, -0.25) is 9.62 Å². The first-order valence-corrected chi connectivity index (χ1v) is 8.24. The molecule has 0 saturated heterocycles. The minimum Gasteiger partial charge on any atom is -0.367 e. The zero-order chi connectivity index (χ0) is 17.5. The molecule has 1 aromatic carbocycles. The molecule has 0 heterocycles. The third-order valence-electron chi connectivity index (χ3n) is 2.82. The lowest BCUT2D eigenvalue weighted by atomic mass is 10.2. The Morgan fingerprint density at radius 3 is 2.65 bits per heavy atom. The third kappa shape index (κ3) is 5.85. The van der Waals surface area contributed by atoms with Crippen LogP contribution in [0.1, 0.15) is 12.5 Å². The van der Waals surface area contributed by atoms with Crippen LogP contribution < -0.4 is 5.32 Å².